The molecular weight excluding hydrogens is 534 g/mol. The molecule has 0 saturated carbocycles. The smallest absolute Gasteiger partial charge is 0.333 e. The van der Waals surface area contributed by atoms with Crippen molar-refractivity contribution in [2.75, 3.05) is 31.5 Å². The first-order valence-corrected chi connectivity index (χ1v) is 16.4. The van der Waals surface area contributed by atoms with Gasteiger partial charge < -0.3 is 24.5 Å². The van der Waals surface area contributed by atoms with Crippen LogP contribution in [0.1, 0.15) is 53.2 Å². The Morgan fingerprint density at radius 3 is 2.44 bits per heavy atom. The maximum Gasteiger partial charge on any atom is 0.333 e. The number of nitrogens with one attached hydrogen (secondary N) is 2. The van der Waals surface area contributed by atoms with Crippen molar-refractivity contribution in [3.05, 3.63) is 46.1 Å². The highest BCUT2D eigenvalue weighted by atomic mass is 32.1. The highest BCUT2D eigenvalue weighted by Gasteiger charge is 2.39. The molecule has 3 rings (SSSR count). The average molecular weight is 574 g/mol. The van der Waals surface area contributed by atoms with Crippen LogP contribution in [0.5, 0.6) is 5.75 Å². The number of aryl methyl sites for hydroxylation is 2. The van der Waals surface area contributed by atoms with Crippen LogP contribution in [0.15, 0.2) is 24.5 Å². The fourth-order valence-corrected chi connectivity index (χ4v) is 5.37. The van der Waals surface area contributed by atoms with Crippen molar-refractivity contribution in [2.24, 2.45) is 0 Å². The Morgan fingerprint density at radius 1 is 1.13 bits per heavy atom. The molecule has 212 valence electrons. The Balaban J connectivity index is 1.77. The predicted octanol–water partition coefficient (Wildman–Crippen LogP) is 6.01. The summed E-state index contributed by atoms with van der Waals surface area (Å²) in [5, 5.41) is 11.2. The molecule has 12 heteroatoms. The summed E-state index contributed by atoms with van der Waals surface area (Å²) in [7, 11) is 0.783. The van der Waals surface area contributed by atoms with E-state index in [1.165, 1.54) is 36.4 Å². The molecule has 2 heterocycles. The zero-order chi connectivity index (χ0) is 29.1. The van der Waals surface area contributed by atoms with E-state index in [4.69, 9.17) is 13.9 Å². The van der Waals surface area contributed by atoms with E-state index in [2.05, 4.69) is 54.6 Å². The van der Waals surface area contributed by atoms with Crippen molar-refractivity contribution in [1.82, 2.24) is 14.8 Å². The molecule has 0 spiro atoms. The molecule has 1 amide bonds. The van der Waals surface area contributed by atoms with Crippen LogP contribution in [0.2, 0.25) is 18.1 Å². The molecule has 0 bridgehead atoms. The molecule has 39 heavy (non-hydrogen) atoms. The van der Waals surface area contributed by atoms with Gasteiger partial charge in [0.25, 0.3) is 5.91 Å². The number of amides is 1. The minimum atomic E-state index is -2.05. The monoisotopic (exact) mass is 573 g/mol. The summed E-state index contributed by atoms with van der Waals surface area (Å²) in [6.07, 6.45) is 3.26. The van der Waals surface area contributed by atoms with Crippen molar-refractivity contribution in [2.45, 2.75) is 65.7 Å². The number of thiazole rings is 1. The Morgan fingerprint density at radius 2 is 1.82 bits per heavy atom. The van der Waals surface area contributed by atoms with Gasteiger partial charge in [0, 0.05) is 24.4 Å². The first-order valence-electron chi connectivity index (χ1n) is 12.6. The molecule has 2 aromatic heterocycles. The SMILES string of the molecule is COCC(C(=O)OC)n1cc(C)c(Nc2ncc(C(=O)Nc3c(C)ccc(O[Si](C)(C)C(C)(C)C)c3C)s2)n1. The van der Waals surface area contributed by atoms with E-state index in [1.807, 2.05) is 32.9 Å². The van der Waals surface area contributed by atoms with Crippen LogP contribution in [0.4, 0.5) is 16.6 Å². The molecule has 0 saturated heterocycles. The summed E-state index contributed by atoms with van der Waals surface area (Å²) in [6, 6.07) is 3.23. The van der Waals surface area contributed by atoms with E-state index in [0.717, 1.165) is 28.1 Å². The number of carbonyl (C=O) groups excluding carboxylic acids is 2. The second kappa shape index (κ2) is 11.9. The second-order valence-electron chi connectivity index (χ2n) is 11.0. The maximum atomic E-state index is 13.2. The van der Waals surface area contributed by atoms with Crippen molar-refractivity contribution in [1.29, 1.82) is 0 Å². The summed E-state index contributed by atoms with van der Waals surface area (Å²) in [6.45, 7) is 16.9. The predicted molar refractivity (Wildman–Crippen MR) is 157 cm³/mol. The third-order valence-electron chi connectivity index (χ3n) is 7.02. The lowest BCUT2D eigenvalue weighted by atomic mass is 10.1. The third-order valence-corrected chi connectivity index (χ3v) is 12.3. The topological polar surface area (TPSA) is 117 Å². The van der Waals surface area contributed by atoms with Crippen LogP contribution >= 0.6 is 11.3 Å². The molecule has 0 aliphatic heterocycles. The minimum absolute atomic E-state index is 0.0535. The van der Waals surface area contributed by atoms with Gasteiger partial charge in [-0.2, -0.15) is 5.10 Å². The van der Waals surface area contributed by atoms with Crippen molar-refractivity contribution in [3.63, 3.8) is 0 Å². The quantitative estimate of drug-likeness (QED) is 0.224. The van der Waals surface area contributed by atoms with Crippen LogP contribution in [0, 0.1) is 20.8 Å². The number of carbonyl (C=O) groups is 2. The zero-order valence-corrected chi connectivity index (χ0v) is 26.2. The third kappa shape index (κ3) is 6.86. The maximum absolute atomic E-state index is 13.2. The van der Waals surface area contributed by atoms with E-state index in [-0.39, 0.29) is 17.6 Å². The van der Waals surface area contributed by atoms with Gasteiger partial charge in [-0.15, -0.1) is 0 Å². The lowest BCUT2D eigenvalue weighted by Gasteiger charge is -2.37. The van der Waals surface area contributed by atoms with Gasteiger partial charge in [-0.3, -0.25) is 9.48 Å². The molecule has 0 aliphatic carbocycles. The number of benzene rings is 1. The average Bonchev–Trinajstić information content (AvgIpc) is 3.47. The number of aromatic nitrogens is 3. The molecule has 10 nitrogen and oxygen atoms in total. The highest BCUT2D eigenvalue weighted by molar-refractivity contribution is 7.17. The van der Waals surface area contributed by atoms with Gasteiger partial charge in [0.2, 0.25) is 8.32 Å². The van der Waals surface area contributed by atoms with Crippen molar-refractivity contribution < 1.29 is 23.5 Å². The first kappa shape index (κ1) is 30.3. The van der Waals surface area contributed by atoms with Crippen LogP contribution in [0.3, 0.4) is 0 Å². The fourth-order valence-electron chi connectivity index (χ4n) is 3.58. The number of rotatable bonds is 10. The highest BCUT2D eigenvalue weighted by Crippen LogP contribution is 2.40. The molecule has 1 atom stereocenters. The van der Waals surface area contributed by atoms with Gasteiger partial charge in [0.05, 0.1) is 25.6 Å². The van der Waals surface area contributed by atoms with E-state index < -0.39 is 20.3 Å². The number of esters is 1. The van der Waals surface area contributed by atoms with E-state index in [0.29, 0.717) is 15.8 Å². The van der Waals surface area contributed by atoms with Gasteiger partial charge in [-0.05, 0) is 50.5 Å². The van der Waals surface area contributed by atoms with E-state index in [9.17, 15) is 9.59 Å². The second-order valence-corrected chi connectivity index (χ2v) is 16.7. The molecule has 0 radical (unpaired) electrons. The number of methoxy groups -OCH3 is 2. The van der Waals surface area contributed by atoms with Crippen LogP contribution in [0.25, 0.3) is 0 Å². The number of hydrogen-bond donors (Lipinski definition) is 2. The van der Waals surface area contributed by atoms with E-state index >= 15 is 0 Å². The molecule has 1 unspecified atom stereocenters. The van der Waals surface area contributed by atoms with Gasteiger partial charge in [-0.1, -0.05) is 38.2 Å². The van der Waals surface area contributed by atoms with Gasteiger partial charge in [0.1, 0.15) is 10.6 Å². The minimum Gasteiger partial charge on any atom is -0.543 e. The van der Waals surface area contributed by atoms with Gasteiger partial charge >= 0.3 is 5.97 Å². The summed E-state index contributed by atoms with van der Waals surface area (Å²) >= 11 is 1.21. The number of hydrogen-bond acceptors (Lipinski definition) is 9. The number of ether oxygens (including phenoxy) is 2. The van der Waals surface area contributed by atoms with Gasteiger partial charge in [0.15, 0.2) is 17.0 Å². The Hall–Kier alpha value is -3.22. The standard InChI is InChI=1S/C27H39N5O5SSi/c1-16-11-12-20(37-39(9,10)27(4,5)6)18(3)22(16)29-24(33)21-13-28-26(38-21)30-23-17(2)14-32(31-23)19(15-35-7)25(34)36-8/h11-14,19H,15H2,1-10H3,(H,29,33)(H,28,30,31). The fraction of sp³-hybridized carbons (Fsp3) is 0.481. The molecule has 0 fully saturated rings. The Kier molecular flexibility index (Phi) is 9.24. The zero-order valence-electron chi connectivity index (χ0n) is 24.4. The Labute approximate surface area is 235 Å². The van der Waals surface area contributed by atoms with Gasteiger partial charge in [-0.25, -0.2) is 9.78 Å². The van der Waals surface area contributed by atoms with Crippen LogP contribution in [-0.2, 0) is 14.3 Å². The van der Waals surface area contributed by atoms with Crippen molar-refractivity contribution >= 4 is 48.2 Å². The number of anilines is 3. The lowest BCUT2D eigenvalue weighted by molar-refractivity contribution is -0.146. The molecule has 0 aliphatic rings. The molecular formula is C27H39N5O5SSi. The lowest BCUT2D eigenvalue weighted by Crippen LogP contribution is -2.44. The molecule has 1 aromatic carbocycles. The summed E-state index contributed by atoms with van der Waals surface area (Å²) in [5.74, 6) is 0.593. The first-order chi connectivity index (χ1) is 18.2. The summed E-state index contributed by atoms with van der Waals surface area (Å²) in [4.78, 5) is 30.1. The largest absolute Gasteiger partial charge is 0.543 e. The normalized spacial score (nSPS) is 12.7. The summed E-state index contributed by atoms with van der Waals surface area (Å²) < 4.78 is 18.1. The van der Waals surface area contributed by atoms with Crippen LogP contribution in [-0.4, -0.2) is 55.8 Å². The molecule has 2 N–H and O–H groups in total. The number of nitrogens with zero attached hydrogens (tertiary/aromatic N) is 3. The van der Waals surface area contributed by atoms with Crippen molar-refractivity contribution in [3.8, 4) is 5.75 Å². The van der Waals surface area contributed by atoms with E-state index in [1.54, 1.807) is 6.20 Å². The molecule has 3 aromatic rings. The Bertz CT molecular complexity index is 1340. The summed E-state index contributed by atoms with van der Waals surface area (Å²) in [5.41, 5.74) is 3.38. The van der Waals surface area contributed by atoms with Crippen LogP contribution < -0.4 is 15.1 Å².